The summed E-state index contributed by atoms with van der Waals surface area (Å²) in [5.74, 6) is -0.185. The number of carbonyl (C=O) groups is 1. The largest absolute Gasteiger partial charge is 0.341 e. The predicted molar refractivity (Wildman–Crippen MR) is 98.4 cm³/mol. The molecule has 0 spiro atoms. The van der Waals surface area contributed by atoms with Gasteiger partial charge in [0.2, 0.25) is 0 Å². The zero-order valence-corrected chi connectivity index (χ0v) is 14.1. The Hall–Kier alpha value is -2.58. The molecule has 0 fully saturated rings. The summed E-state index contributed by atoms with van der Waals surface area (Å²) in [7, 11) is 0. The Labute approximate surface area is 147 Å². The van der Waals surface area contributed by atoms with Crippen molar-refractivity contribution < 1.29 is 4.79 Å². The molecule has 0 aliphatic heterocycles. The maximum absolute atomic E-state index is 12.7. The molecule has 24 heavy (non-hydrogen) atoms. The Morgan fingerprint density at radius 3 is 2.08 bits per heavy atom. The number of amides is 1. The smallest absolute Gasteiger partial charge is 0.253 e. The zero-order valence-electron chi connectivity index (χ0n) is 13.4. The van der Waals surface area contributed by atoms with Gasteiger partial charge < -0.3 is 5.32 Å². The molecule has 1 unspecified atom stereocenters. The third-order valence-corrected chi connectivity index (χ3v) is 4.27. The molecule has 0 aromatic heterocycles. The van der Waals surface area contributed by atoms with E-state index in [0.29, 0.717) is 10.6 Å². The molecule has 0 radical (unpaired) electrons. The van der Waals surface area contributed by atoms with E-state index in [0.717, 1.165) is 11.1 Å². The van der Waals surface area contributed by atoms with Gasteiger partial charge in [-0.25, -0.2) is 0 Å². The third-order valence-electron chi connectivity index (χ3n) is 3.94. The van der Waals surface area contributed by atoms with Gasteiger partial charge in [0.15, 0.2) is 0 Å². The molecule has 0 saturated carbocycles. The lowest BCUT2D eigenvalue weighted by Crippen LogP contribution is -2.29. The molecule has 3 heteroatoms. The Balaban J connectivity index is 1.95. The van der Waals surface area contributed by atoms with Gasteiger partial charge in [-0.2, -0.15) is 0 Å². The fourth-order valence-electron chi connectivity index (χ4n) is 2.62. The Morgan fingerprint density at radius 1 is 0.833 bits per heavy atom. The lowest BCUT2D eigenvalue weighted by atomic mass is 9.97. The summed E-state index contributed by atoms with van der Waals surface area (Å²) >= 11 is 6.15. The van der Waals surface area contributed by atoms with Crippen molar-refractivity contribution in [3.8, 4) is 0 Å². The Morgan fingerprint density at radius 2 is 1.42 bits per heavy atom. The van der Waals surface area contributed by atoms with E-state index in [1.807, 2.05) is 73.7 Å². The summed E-state index contributed by atoms with van der Waals surface area (Å²) in [6, 6.07) is 25.0. The Kier molecular flexibility index (Phi) is 4.97. The van der Waals surface area contributed by atoms with E-state index >= 15 is 0 Å². The fourth-order valence-corrected chi connectivity index (χ4v) is 2.84. The van der Waals surface area contributed by atoms with E-state index in [1.54, 1.807) is 12.1 Å². The number of benzene rings is 3. The van der Waals surface area contributed by atoms with Gasteiger partial charge in [0.05, 0.1) is 16.6 Å². The summed E-state index contributed by atoms with van der Waals surface area (Å²) in [4.78, 5) is 12.7. The first-order chi connectivity index (χ1) is 11.6. The van der Waals surface area contributed by atoms with Crippen LogP contribution in [0.3, 0.4) is 0 Å². The molecule has 3 rings (SSSR count). The average molecular weight is 336 g/mol. The molecular formula is C21H18ClNO. The van der Waals surface area contributed by atoms with Crippen molar-refractivity contribution >= 4 is 17.5 Å². The molecule has 0 aliphatic carbocycles. The molecule has 0 bridgehead atoms. The van der Waals surface area contributed by atoms with E-state index < -0.39 is 0 Å². The van der Waals surface area contributed by atoms with Crippen LogP contribution in [0.5, 0.6) is 0 Å². The molecule has 3 aromatic rings. The quantitative estimate of drug-likeness (QED) is 0.700. The summed E-state index contributed by atoms with van der Waals surface area (Å²) in [6.07, 6.45) is 0. The van der Waals surface area contributed by atoms with Crippen molar-refractivity contribution in [3.05, 3.63) is 106 Å². The number of nitrogens with one attached hydrogen (secondary N) is 1. The van der Waals surface area contributed by atoms with Crippen LogP contribution in [-0.2, 0) is 0 Å². The summed E-state index contributed by atoms with van der Waals surface area (Å²) in [5.41, 5.74) is 3.73. The average Bonchev–Trinajstić information content (AvgIpc) is 2.61. The van der Waals surface area contributed by atoms with Gasteiger partial charge in [0, 0.05) is 0 Å². The third kappa shape index (κ3) is 3.66. The topological polar surface area (TPSA) is 29.1 Å². The molecule has 1 N–H and O–H groups in total. The number of hydrogen-bond donors (Lipinski definition) is 1. The van der Waals surface area contributed by atoms with Crippen molar-refractivity contribution in [3.63, 3.8) is 0 Å². The van der Waals surface area contributed by atoms with E-state index in [-0.39, 0.29) is 11.9 Å². The second-order valence-corrected chi connectivity index (χ2v) is 6.11. The van der Waals surface area contributed by atoms with Crippen molar-refractivity contribution in [2.75, 3.05) is 0 Å². The fraction of sp³-hybridized carbons (Fsp3) is 0.0952. The minimum absolute atomic E-state index is 0.185. The molecule has 0 heterocycles. The van der Waals surface area contributed by atoms with Gasteiger partial charge in [-0.1, -0.05) is 83.9 Å². The summed E-state index contributed by atoms with van der Waals surface area (Å²) in [5, 5.41) is 3.55. The number of halogens is 1. The lowest BCUT2D eigenvalue weighted by Gasteiger charge is -2.20. The lowest BCUT2D eigenvalue weighted by molar-refractivity contribution is 0.0943. The standard InChI is InChI=1S/C21H18ClNO/c1-15-11-13-17(14-12-15)20(16-7-3-2-4-8-16)23-21(24)18-9-5-6-10-19(18)22/h2-14,20H,1H3,(H,23,24). The SMILES string of the molecule is Cc1ccc(C(NC(=O)c2ccccc2Cl)c2ccccc2)cc1. The van der Waals surface area contributed by atoms with Gasteiger partial charge in [-0.15, -0.1) is 0 Å². The van der Waals surface area contributed by atoms with Crippen molar-refractivity contribution in [1.82, 2.24) is 5.32 Å². The van der Waals surface area contributed by atoms with E-state index in [4.69, 9.17) is 11.6 Å². The highest BCUT2D eigenvalue weighted by molar-refractivity contribution is 6.33. The maximum atomic E-state index is 12.7. The molecule has 3 aromatic carbocycles. The van der Waals surface area contributed by atoms with Gasteiger partial charge in [-0.05, 0) is 30.2 Å². The van der Waals surface area contributed by atoms with Crippen LogP contribution in [0, 0.1) is 6.92 Å². The molecule has 0 saturated heterocycles. The monoisotopic (exact) mass is 335 g/mol. The van der Waals surface area contributed by atoms with E-state index in [9.17, 15) is 4.79 Å². The summed E-state index contributed by atoms with van der Waals surface area (Å²) < 4.78 is 0. The first-order valence-corrected chi connectivity index (χ1v) is 8.20. The minimum atomic E-state index is -0.226. The van der Waals surface area contributed by atoms with Crippen LogP contribution in [-0.4, -0.2) is 5.91 Å². The van der Waals surface area contributed by atoms with Crippen molar-refractivity contribution in [2.45, 2.75) is 13.0 Å². The van der Waals surface area contributed by atoms with Gasteiger partial charge in [0.1, 0.15) is 0 Å². The Bertz CT molecular complexity index is 828. The predicted octanol–water partition coefficient (Wildman–Crippen LogP) is 5.17. The minimum Gasteiger partial charge on any atom is -0.341 e. The van der Waals surface area contributed by atoms with E-state index in [2.05, 4.69) is 5.32 Å². The van der Waals surface area contributed by atoms with Crippen molar-refractivity contribution in [1.29, 1.82) is 0 Å². The van der Waals surface area contributed by atoms with Crippen LogP contribution < -0.4 is 5.32 Å². The highest BCUT2D eigenvalue weighted by atomic mass is 35.5. The summed E-state index contributed by atoms with van der Waals surface area (Å²) in [6.45, 7) is 2.05. The second kappa shape index (κ2) is 7.33. The molecule has 2 nitrogen and oxygen atoms in total. The first-order valence-electron chi connectivity index (χ1n) is 7.82. The molecule has 0 aliphatic rings. The molecular weight excluding hydrogens is 318 g/mol. The highest BCUT2D eigenvalue weighted by Gasteiger charge is 2.18. The van der Waals surface area contributed by atoms with Gasteiger partial charge in [-0.3, -0.25) is 4.79 Å². The van der Waals surface area contributed by atoms with Crippen molar-refractivity contribution in [2.24, 2.45) is 0 Å². The molecule has 1 amide bonds. The van der Waals surface area contributed by atoms with Crippen LogP contribution >= 0.6 is 11.6 Å². The molecule has 120 valence electrons. The van der Waals surface area contributed by atoms with Crippen LogP contribution in [0.2, 0.25) is 5.02 Å². The van der Waals surface area contributed by atoms with Gasteiger partial charge in [0.25, 0.3) is 5.91 Å². The highest BCUT2D eigenvalue weighted by Crippen LogP contribution is 2.24. The second-order valence-electron chi connectivity index (χ2n) is 5.71. The van der Waals surface area contributed by atoms with E-state index in [1.165, 1.54) is 5.56 Å². The van der Waals surface area contributed by atoms with Crippen LogP contribution in [0.1, 0.15) is 33.1 Å². The van der Waals surface area contributed by atoms with Crippen LogP contribution in [0.4, 0.5) is 0 Å². The maximum Gasteiger partial charge on any atom is 0.253 e. The zero-order chi connectivity index (χ0) is 16.9. The number of hydrogen-bond acceptors (Lipinski definition) is 1. The number of aryl methyl sites for hydroxylation is 1. The van der Waals surface area contributed by atoms with Crippen LogP contribution in [0.15, 0.2) is 78.9 Å². The van der Waals surface area contributed by atoms with Crippen LogP contribution in [0.25, 0.3) is 0 Å². The number of carbonyl (C=O) groups excluding carboxylic acids is 1. The van der Waals surface area contributed by atoms with Gasteiger partial charge >= 0.3 is 0 Å². The normalized spacial score (nSPS) is 11.8. The molecule has 1 atom stereocenters. The number of rotatable bonds is 4. The first kappa shape index (κ1) is 16.3.